The summed E-state index contributed by atoms with van der Waals surface area (Å²) in [6, 6.07) is 4.10. The van der Waals surface area contributed by atoms with Crippen molar-refractivity contribution in [2.24, 2.45) is 17.8 Å². The first-order chi connectivity index (χ1) is 10.3. The number of hydrogen-bond acceptors (Lipinski definition) is 4. The molecule has 1 aliphatic heterocycles. The summed E-state index contributed by atoms with van der Waals surface area (Å²) in [5.41, 5.74) is 1.19. The monoisotopic (exact) mass is 289 g/mol. The second-order valence-electron chi connectivity index (χ2n) is 6.60. The first-order valence-corrected chi connectivity index (χ1v) is 8.00. The van der Waals surface area contributed by atoms with Crippen molar-refractivity contribution in [3.8, 4) is 17.2 Å². The summed E-state index contributed by atoms with van der Waals surface area (Å²) in [7, 11) is 1.67. The minimum Gasteiger partial charge on any atom is -0.493 e. The molecule has 0 spiro atoms. The van der Waals surface area contributed by atoms with E-state index in [9.17, 15) is 0 Å². The summed E-state index contributed by atoms with van der Waals surface area (Å²) >= 11 is 0. The third-order valence-corrected chi connectivity index (χ3v) is 5.34. The summed E-state index contributed by atoms with van der Waals surface area (Å²) in [4.78, 5) is 0. The zero-order valence-electron chi connectivity index (χ0n) is 12.6. The summed E-state index contributed by atoms with van der Waals surface area (Å²) in [5.74, 6) is 5.18. The van der Waals surface area contributed by atoms with Crippen LogP contribution in [0, 0.1) is 17.8 Å². The van der Waals surface area contributed by atoms with E-state index in [-0.39, 0.29) is 6.79 Å². The van der Waals surface area contributed by atoms with Crippen molar-refractivity contribution in [1.82, 2.24) is 5.32 Å². The molecule has 2 fully saturated rings. The largest absolute Gasteiger partial charge is 0.493 e. The maximum Gasteiger partial charge on any atom is 0.231 e. The normalized spacial score (nSPS) is 29.1. The molecule has 3 unspecified atom stereocenters. The molecule has 3 aliphatic rings. The average molecular weight is 289 g/mol. The molecule has 21 heavy (non-hydrogen) atoms. The van der Waals surface area contributed by atoms with Gasteiger partial charge in [0, 0.05) is 6.54 Å². The Balaban J connectivity index is 1.37. The lowest BCUT2D eigenvalue weighted by molar-refractivity contribution is 0.171. The van der Waals surface area contributed by atoms with Crippen LogP contribution in [-0.4, -0.2) is 20.4 Å². The molecule has 0 amide bonds. The summed E-state index contributed by atoms with van der Waals surface area (Å²) in [6.45, 7) is 2.28. The molecule has 2 bridgehead atoms. The van der Waals surface area contributed by atoms with Crippen LogP contribution in [0.15, 0.2) is 12.1 Å². The second-order valence-corrected chi connectivity index (χ2v) is 6.60. The maximum absolute atomic E-state index is 5.47. The zero-order valence-corrected chi connectivity index (χ0v) is 12.6. The molecular formula is C17H23NO3. The molecule has 2 aliphatic carbocycles. The van der Waals surface area contributed by atoms with Gasteiger partial charge < -0.3 is 19.5 Å². The summed E-state index contributed by atoms with van der Waals surface area (Å²) in [6.07, 6.45) is 5.84. The third kappa shape index (κ3) is 2.46. The van der Waals surface area contributed by atoms with E-state index in [1.54, 1.807) is 7.11 Å². The van der Waals surface area contributed by atoms with Gasteiger partial charge in [0.2, 0.25) is 12.5 Å². The molecule has 0 radical (unpaired) electrons. The van der Waals surface area contributed by atoms with Crippen LogP contribution < -0.4 is 19.5 Å². The van der Waals surface area contributed by atoms with E-state index in [0.717, 1.165) is 48.1 Å². The van der Waals surface area contributed by atoms with E-state index < -0.39 is 0 Å². The van der Waals surface area contributed by atoms with Gasteiger partial charge in [0.05, 0.1) is 7.11 Å². The Bertz CT molecular complexity index is 531. The van der Waals surface area contributed by atoms with Gasteiger partial charge in [-0.25, -0.2) is 0 Å². The minimum absolute atomic E-state index is 0.285. The van der Waals surface area contributed by atoms with E-state index in [1.165, 1.54) is 31.2 Å². The van der Waals surface area contributed by atoms with Gasteiger partial charge in [0.15, 0.2) is 11.5 Å². The summed E-state index contributed by atoms with van der Waals surface area (Å²) < 4.78 is 16.3. The van der Waals surface area contributed by atoms with Crippen LogP contribution in [-0.2, 0) is 6.54 Å². The van der Waals surface area contributed by atoms with Crippen molar-refractivity contribution in [3.05, 3.63) is 17.7 Å². The van der Waals surface area contributed by atoms with Crippen molar-refractivity contribution in [2.75, 3.05) is 20.4 Å². The van der Waals surface area contributed by atoms with Crippen LogP contribution in [0.1, 0.15) is 31.2 Å². The SMILES string of the molecule is COc1cc(CNCC2CC3CCC2C3)cc2c1OCO2. The fourth-order valence-corrected chi connectivity index (χ4v) is 4.31. The fraction of sp³-hybridized carbons (Fsp3) is 0.647. The molecule has 2 saturated carbocycles. The predicted molar refractivity (Wildman–Crippen MR) is 79.8 cm³/mol. The Kier molecular flexibility index (Phi) is 3.42. The highest BCUT2D eigenvalue weighted by Gasteiger charge is 2.38. The number of fused-ring (bicyclic) bond motifs is 3. The van der Waals surface area contributed by atoms with Gasteiger partial charge in [-0.1, -0.05) is 6.42 Å². The third-order valence-electron chi connectivity index (χ3n) is 5.34. The standard InChI is InChI=1S/C17H23NO3/c1-19-15-6-12(7-16-17(15)21-10-20-16)8-18-9-14-5-11-2-3-13(14)4-11/h6-7,11,13-14,18H,2-5,8-10H2,1H3. The molecule has 3 atom stereocenters. The Morgan fingerprint density at radius 2 is 2.19 bits per heavy atom. The van der Waals surface area contributed by atoms with E-state index in [2.05, 4.69) is 11.4 Å². The smallest absolute Gasteiger partial charge is 0.231 e. The topological polar surface area (TPSA) is 39.7 Å². The molecule has 1 aromatic rings. The molecular weight excluding hydrogens is 266 g/mol. The molecule has 1 heterocycles. The van der Waals surface area contributed by atoms with Gasteiger partial charge >= 0.3 is 0 Å². The number of benzene rings is 1. The van der Waals surface area contributed by atoms with Gasteiger partial charge in [0.1, 0.15) is 0 Å². The fourth-order valence-electron chi connectivity index (χ4n) is 4.31. The molecule has 0 saturated heterocycles. The maximum atomic E-state index is 5.47. The lowest BCUT2D eigenvalue weighted by atomic mass is 9.89. The van der Waals surface area contributed by atoms with Gasteiger partial charge in [0.25, 0.3) is 0 Å². The Morgan fingerprint density at radius 1 is 1.24 bits per heavy atom. The van der Waals surface area contributed by atoms with Crippen molar-refractivity contribution < 1.29 is 14.2 Å². The Hall–Kier alpha value is -1.42. The van der Waals surface area contributed by atoms with Gasteiger partial charge in [-0.05, 0) is 61.3 Å². The van der Waals surface area contributed by atoms with E-state index in [1.807, 2.05) is 6.07 Å². The van der Waals surface area contributed by atoms with Crippen LogP contribution in [0.2, 0.25) is 0 Å². The Morgan fingerprint density at radius 3 is 2.95 bits per heavy atom. The molecule has 4 rings (SSSR count). The highest BCUT2D eigenvalue weighted by atomic mass is 16.7. The van der Waals surface area contributed by atoms with Crippen molar-refractivity contribution >= 4 is 0 Å². The quantitative estimate of drug-likeness (QED) is 0.904. The van der Waals surface area contributed by atoms with E-state index in [0.29, 0.717) is 0 Å². The lowest BCUT2D eigenvalue weighted by Gasteiger charge is -2.22. The highest BCUT2D eigenvalue weighted by molar-refractivity contribution is 5.55. The van der Waals surface area contributed by atoms with Crippen LogP contribution in [0.5, 0.6) is 17.2 Å². The molecule has 114 valence electrons. The number of methoxy groups -OCH3 is 1. The van der Waals surface area contributed by atoms with Crippen molar-refractivity contribution in [2.45, 2.75) is 32.2 Å². The molecule has 4 heteroatoms. The zero-order chi connectivity index (χ0) is 14.2. The number of nitrogens with one attached hydrogen (secondary N) is 1. The second kappa shape index (κ2) is 5.41. The number of ether oxygens (including phenoxy) is 3. The summed E-state index contributed by atoms with van der Waals surface area (Å²) in [5, 5.41) is 3.62. The minimum atomic E-state index is 0.285. The van der Waals surface area contributed by atoms with Crippen LogP contribution >= 0.6 is 0 Å². The lowest BCUT2D eigenvalue weighted by Crippen LogP contribution is -2.26. The van der Waals surface area contributed by atoms with Gasteiger partial charge in [-0.2, -0.15) is 0 Å². The van der Waals surface area contributed by atoms with Crippen LogP contribution in [0.3, 0.4) is 0 Å². The van der Waals surface area contributed by atoms with Crippen molar-refractivity contribution in [3.63, 3.8) is 0 Å². The van der Waals surface area contributed by atoms with Gasteiger partial charge in [-0.3, -0.25) is 0 Å². The molecule has 0 aromatic heterocycles. The van der Waals surface area contributed by atoms with E-state index >= 15 is 0 Å². The average Bonchev–Trinajstić information content (AvgIpc) is 3.22. The van der Waals surface area contributed by atoms with E-state index in [4.69, 9.17) is 14.2 Å². The molecule has 4 nitrogen and oxygen atoms in total. The van der Waals surface area contributed by atoms with Crippen LogP contribution in [0.4, 0.5) is 0 Å². The first kappa shape index (κ1) is 13.3. The molecule has 1 aromatic carbocycles. The van der Waals surface area contributed by atoms with Gasteiger partial charge in [-0.15, -0.1) is 0 Å². The van der Waals surface area contributed by atoms with Crippen LogP contribution in [0.25, 0.3) is 0 Å². The highest BCUT2D eigenvalue weighted by Crippen LogP contribution is 2.48. The Labute approximate surface area is 125 Å². The molecule has 1 N–H and O–H groups in total. The number of hydrogen-bond donors (Lipinski definition) is 1. The number of rotatable bonds is 5. The van der Waals surface area contributed by atoms with Crippen molar-refractivity contribution in [1.29, 1.82) is 0 Å². The predicted octanol–water partition coefficient (Wildman–Crippen LogP) is 2.95. The first-order valence-electron chi connectivity index (χ1n) is 8.00.